The molecular formula is C20H24N6O2. The molecule has 0 bridgehead atoms. The van der Waals surface area contributed by atoms with Crippen LogP contribution in [0.15, 0.2) is 46.0 Å². The molecule has 3 heterocycles. The van der Waals surface area contributed by atoms with Gasteiger partial charge in [0.25, 0.3) is 5.56 Å². The van der Waals surface area contributed by atoms with Crippen molar-refractivity contribution in [2.45, 2.75) is 6.54 Å². The topological polar surface area (TPSA) is 79.2 Å². The Hall–Kier alpha value is -3.13. The van der Waals surface area contributed by atoms with E-state index in [1.807, 2.05) is 47.1 Å². The lowest BCUT2D eigenvalue weighted by Gasteiger charge is -2.33. The molecule has 8 heteroatoms. The summed E-state index contributed by atoms with van der Waals surface area (Å²) in [6, 6.07) is 10.0. The largest absolute Gasteiger partial charge is 0.340 e. The highest BCUT2D eigenvalue weighted by Gasteiger charge is 2.23. The maximum Gasteiger partial charge on any atom is 0.329 e. The quantitative estimate of drug-likeness (QED) is 0.727. The Labute approximate surface area is 162 Å². The maximum absolute atomic E-state index is 12.6. The van der Waals surface area contributed by atoms with E-state index < -0.39 is 11.2 Å². The van der Waals surface area contributed by atoms with Gasteiger partial charge >= 0.3 is 5.69 Å². The number of aromatic nitrogens is 4. The third-order valence-corrected chi connectivity index (χ3v) is 5.17. The van der Waals surface area contributed by atoms with Gasteiger partial charge in [-0.3, -0.25) is 14.3 Å². The van der Waals surface area contributed by atoms with Crippen molar-refractivity contribution < 1.29 is 0 Å². The molecule has 0 unspecified atom stereocenters. The first-order valence-corrected chi connectivity index (χ1v) is 9.39. The summed E-state index contributed by atoms with van der Waals surface area (Å²) in [5, 5.41) is 0. The Morgan fingerprint density at radius 3 is 2.50 bits per heavy atom. The Morgan fingerprint density at radius 1 is 1.07 bits per heavy atom. The molecule has 0 aliphatic carbocycles. The first kappa shape index (κ1) is 18.2. The summed E-state index contributed by atoms with van der Waals surface area (Å²) < 4.78 is 3.30. The number of likely N-dealkylation sites (N-methyl/N-ethyl adjacent to an activating group) is 1. The number of anilines is 1. The van der Waals surface area contributed by atoms with Crippen LogP contribution in [0, 0.1) is 0 Å². The van der Waals surface area contributed by atoms with E-state index in [2.05, 4.69) is 26.8 Å². The van der Waals surface area contributed by atoms with Crippen molar-refractivity contribution >= 4 is 23.2 Å². The monoisotopic (exact) mass is 380 g/mol. The minimum absolute atomic E-state index is 0.404. The van der Waals surface area contributed by atoms with E-state index >= 15 is 0 Å². The molecular weight excluding hydrogens is 356 g/mol. The number of hydrogen-bond donors (Lipinski definition) is 1. The van der Waals surface area contributed by atoms with Crippen LogP contribution in [0.3, 0.4) is 0 Å². The van der Waals surface area contributed by atoms with Crippen LogP contribution < -0.4 is 16.1 Å². The van der Waals surface area contributed by atoms with Crippen LogP contribution in [-0.2, 0) is 13.6 Å². The van der Waals surface area contributed by atoms with Gasteiger partial charge in [0.1, 0.15) is 0 Å². The summed E-state index contributed by atoms with van der Waals surface area (Å²) in [4.78, 5) is 36.1. The minimum Gasteiger partial charge on any atom is -0.340 e. The number of piperazine rings is 1. The van der Waals surface area contributed by atoms with Gasteiger partial charge in [-0.1, -0.05) is 42.5 Å². The van der Waals surface area contributed by atoms with Gasteiger partial charge in [-0.15, -0.1) is 0 Å². The molecule has 0 saturated carbocycles. The predicted octanol–water partition coefficient (Wildman–Crippen LogP) is 0.888. The van der Waals surface area contributed by atoms with E-state index in [4.69, 9.17) is 0 Å². The SMILES string of the molecule is CN1CCN(c2nc3c(c(=O)[nH]c(=O)n3C)n2C/C=C/c2ccccc2)CC1. The van der Waals surface area contributed by atoms with Crippen molar-refractivity contribution in [1.82, 2.24) is 24.0 Å². The van der Waals surface area contributed by atoms with Gasteiger partial charge in [0.2, 0.25) is 5.95 Å². The van der Waals surface area contributed by atoms with Crippen LogP contribution in [0.5, 0.6) is 0 Å². The van der Waals surface area contributed by atoms with Crippen LogP contribution in [0.25, 0.3) is 17.2 Å². The highest BCUT2D eigenvalue weighted by molar-refractivity contribution is 5.74. The Balaban J connectivity index is 1.78. The van der Waals surface area contributed by atoms with E-state index in [9.17, 15) is 9.59 Å². The summed E-state index contributed by atoms with van der Waals surface area (Å²) in [6.45, 7) is 4.01. The van der Waals surface area contributed by atoms with E-state index in [1.54, 1.807) is 7.05 Å². The average molecular weight is 380 g/mol. The standard InChI is InChI=1S/C20H24N6O2/c1-23-11-13-25(14-12-23)19-21-17-16(18(27)22-20(28)24(17)2)26(19)10-6-9-15-7-4-3-5-8-15/h3-9H,10-14H2,1-2H3,(H,22,27,28)/b9-6+. The lowest BCUT2D eigenvalue weighted by molar-refractivity contribution is 0.310. The number of nitrogens with zero attached hydrogens (tertiary/aromatic N) is 5. The van der Waals surface area contributed by atoms with Crippen LogP contribution >= 0.6 is 0 Å². The highest BCUT2D eigenvalue weighted by atomic mass is 16.2. The molecule has 1 aliphatic rings. The number of nitrogens with one attached hydrogen (secondary N) is 1. The molecule has 0 radical (unpaired) electrons. The van der Waals surface area contributed by atoms with E-state index in [1.165, 1.54) is 4.57 Å². The molecule has 146 valence electrons. The van der Waals surface area contributed by atoms with Crippen LogP contribution in [0.1, 0.15) is 5.56 Å². The Kier molecular flexibility index (Phi) is 4.87. The molecule has 0 amide bonds. The molecule has 1 N–H and O–H groups in total. The predicted molar refractivity (Wildman–Crippen MR) is 111 cm³/mol. The third-order valence-electron chi connectivity index (χ3n) is 5.17. The number of fused-ring (bicyclic) bond motifs is 1. The second-order valence-corrected chi connectivity index (χ2v) is 7.12. The highest BCUT2D eigenvalue weighted by Crippen LogP contribution is 2.21. The molecule has 1 aliphatic heterocycles. The fourth-order valence-corrected chi connectivity index (χ4v) is 3.50. The second kappa shape index (κ2) is 7.47. The summed E-state index contributed by atoms with van der Waals surface area (Å²) in [6.07, 6.45) is 4.04. The zero-order chi connectivity index (χ0) is 19.7. The van der Waals surface area contributed by atoms with Crippen LogP contribution in [0.2, 0.25) is 0 Å². The first-order chi connectivity index (χ1) is 13.5. The number of rotatable bonds is 4. The first-order valence-electron chi connectivity index (χ1n) is 9.39. The number of H-pyrrole nitrogens is 1. The number of imidazole rings is 1. The molecule has 28 heavy (non-hydrogen) atoms. The lowest BCUT2D eigenvalue weighted by atomic mass is 10.2. The van der Waals surface area contributed by atoms with Crippen LogP contribution in [0.4, 0.5) is 5.95 Å². The Morgan fingerprint density at radius 2 is 1.79 bits per heavy atom. The summed E-state index contributed by atoms with van der Waals surface area (Å²) >= 11 is 0. The van der Waals surface area contributed by atoms with Crippen LogP contribution in [-0.4, -0.2) is 57.2 Å². The van der Waals surface area contributed by atoms with Gasteiger partial charge in [0, 0.05) is 39.8 Å². The van der Waals surface area contributed by atoms with Gasteiger partial charge < -0.3 is 14.4 Å². The van der Waals surface area contributed by atoms with Gasteiger partial charge in [-0.2, -0.15) is 4.98 Å². The number of hydrogen-bond acceptors (Lipinski definition) is 5. The molecule has 2 aromatic heterocycles. The van der Waals surface area contributed by atoms with Crippen molar-refractivity contribution in [3.8, 4) is 0 Å². The summed E-state index contributed by atoms with van der Waals surface area (Å²) in [5.74, 6) is 0.729. The van der Waals surface area contributed by atoms with Gasteiger partial charge in [-0.25, -0.2) is 4.79 Å². The lowest BCUT2D eigenvalue weighted by Crippen LogP contribution is -2.45. The van der Waals surface area contributed by atoms with Crippen molar-refractivity contribution in [3.63, 3.8) is 0 Å². The van der Waals surface area contributed by atoms with Crippen molar-refractivity contribution in [2.75, 3.05) is 38.1 Å². The zero-order valence-electron chi connectivity index (χ0n) is 16.1. The minimum atomic E-state index is -0.452. The molecule has 1 saturated heterocycles. The van der Waals surface area contributed by atoms with E-state index in [0.717, 1.165) is 37.7 Å². The number of aryl methyl sites for hydroxylation is 1. The molecule has 0 atom stereocenters. The molecule has 1 aromatic carbocycles. The molecule has 8 nitrogen and oxygen atoms in total. The molecule has 3 aromatic rings. The fraction of sp³-hybridized carbons (Fsp3) is 0.350. The van der Waals surface area contributed by atoms with Gasteiger partial charge in [-0.05, 0) is 12.6 Å². The molecule has 4 rings (SSSR count). The maximum atomic E-state index is 12.6. The number of aromatic amines is 1. The van der Waals surface area contributed by atoms with Gasteiger partial charge in [0.05, 0.1) is 0 Å². The van der Waals surface area contributed by atoms with Crippen molar-refractivity contribution in [2.24, 2.45) is 7.05 Å². The summed E-state index contributed by atoms with van der Waals surface area (Å²) in [5.41, 5.74) is 1.07. The average Bonchev–Trinajstić information content (AvgIpc) is 3.08. The zero-order valence-corrected chi connectivity index (χ0v) is 16.1. The smallest absolute Gasteiger partial charge is 0.329 e. The summed E-state index contributed by atoms with van der Waals surface area (Å²) in [7, 11) is 3.73. The number of benzene rings is 1. The third kappa shape index (κ3) is 3.38. The second-order valence-electron chi connectivity index (χ2n) is 7.12. The van der Waals surface area contributed by atoms with E-state index in [-0.39, 0.29) is 0 Å². The normalized spacial score (nSPS) is 15.7. The van der Waals surface area contributed by atoms with Crippen molar-refractivity contribution in [1.29, 1.82) is 0 Å². The molecule has 1 fully saturated rings. The number of allylic oxidation sites excluding steroid dienone is 1. The van der Waals surface area contributed by atoms with E-state index in [0.29, 0.717) is 17.7 Å². The molecule has 0 spiro atoms. The van der Waals surface area contributed by atoms with Crippen molar-refractivity contribution in [3.05, 3.63) is 62.8 Å². The Bertz CT molecular complexity index is 1120. The van der Waals surface area contributed by atoms with Gasteiger partial charge in [0.15, 0.2) is 11.2 Å². The fourth-order valence-electron chi connectivity index (χ4n) is 3.50.